The van der Waals surface area contributed by atoms with Gasteiger partial charge in [-0.05, 0) is 24.1 Å². The number of hydrogen-bond acceptors (Lipinski definition) is 3. The summed E-state index contributed by atoms with van der Waals surface area (Å²) in [5, 5.41) is 11.3. The Balaban J connectivity index is 1.88. The van der Waals surface area contributed by atoms with Crippen LogP contribution in [0.3, 0.4) is 0 Å². The van der Waals surface area contributed by atoms with Gasteiger partial charge in [0.1, 0.15) is 16.3 Å². The van der Waals surface area contributed by atoms with Gasteiger partial charge in [0.2, 0.25) is 0 Å². The number of fused-ring (bicyclic) bond motifs is 1. The number of carbonyl (C=O) groups is 1. The molecule has 0 unspecified atom stereocenters. The lowest BCUT2D eigenvalue weighted by molar-refractivity contribution is -0.110. The fourth-order valence-electron chi connectivity index (χ4n) is 2.44. The van der Waals surface area contributed by atoms with Crippen LogP contribution in [-0.2, 0) is 0 Å². The largest absolute Gasteiger partial charge is 0.386 e. The highest BCUT2D eigenvalue weighted by Crippen LogP contribution is 2.38. The molecule has 0 atom stereocenters. The number of halogens is 2. The second-order valence-corrected chi connectivity index (χ2v) is 7.24. The summed E-state index contributed by atoms with van der Waals surface area (Å²) >= 11 is 7.43. The Morgan fingerprint density at radius 2 is 2.14 bits per heavy atom. The van der Waals surface area contributed by atoms with Gasteiger partial charge in [-0.25, -0.2) is 4.39 Å². The number of carbonyl (C=O) groups excluding carboxylic acids is 1. The van der Waals surface area contributed by atoms with Gasteiger partial charge in [-0.2, -0.15) is 0 Å². The summed E-state index contributed by atoms with van der Waals surface area (Å²) in [6.45, 7) is 4.47. The van der Waals surface area contributed by atoms with Gasteiger partial charge in [-0.15, -0.1) is 11.3 Å². The number of benzene rings is 1. The highest BCUT2D eigenvalue weighted by Gasteiger charge is 2.46. The van der Waals surface area contributed by atoms with Gasteiger partial charge >= 0.3 is 0 Å². The molecule has 1 amide bonds. The SMILES string of the molecule is CC(C)C1(O)CN(C(=O)c2sc3cc(F)ccc3c2Cl)C1. The van der Waals surface area contributed by atoms with E-state index in [2.05, 4.69) is 0 Å². The smallest absolute Gasteiger partial charge is 0.265 e. The van der Waals surface area contributed by atoms with Crippen molar-refractivity contribution in [2.24, 2.45) is 5.92 Å². The van der Waals surface area contributed by atoms with Crippen molar-refractivity contribution in [2.75, 3.05) is 13.1 Å². The van der Waals surface area contributed by atoms with Gasteiger partial charge in [0.25, 0.3) is 5.91 Å². The maximum Gasteiger partial charge on any atom is 0.265 e. The third-order valence-corrected chi connectivity index (χ3v) is 5.72. The van der Waals surface area contributed by atoms with E-state index in [0.29, 0.717) is 33.1 Å². The third kappa shape index (κ3) is 2.33. The van der Waals surface area contributed by atoms with Crippen molar-refractivity contribution < 1.29 is 14.3 Å². The van der Waals surface area contributed by atoms with E-state index in [9.17, 15) is 14.3 Å². The first kappa shape index (κ1) is 14.8. The van der Waals surface area contributed by atoms with Gasteiger partial charge in [0, 0.05) is 10.1 Å². The average molecular weight is 328 g/mol. The number of β-amino-alcohol motifs (C(OH)–C–C–N with tert-alkyl or cyclic N) is 1. The predicted octanol–water partition coefficient (Wildman–Crippen LogP) is 3.54. The first-order chi connectivity index (χ1) is 9.82. The van der Waals surface area contributed by atoms with E-state index >= 15 is 0 Å². The molecule has 1 fully saturated rings. The highest BCUT2D eigenvalue weighted by atomic mass is 35.5. The van der Waals surface area contributed by atoms with Crippen LogP contribution < -0.4 is 0 Å². The molecular formula is C15H15ClFNO2S. The number of thiophene rings is 1. The molecule has 0 spiro atoms. The molecule has 0 saturated carbocycles. The molecule has 1 aromatic carbocycles. The summed E-state index contributed by atoms with van der Waals surface area (Å²) in [5.74, 6) is -0.460. The van der Waals surface area contributed by atoms with Gasteiger partial charge < -0.3 is 10.0 Å². The minimum Gasteiger partial charge on any atom is -0.386 e. The topological polar surface area (TPSA) is 40.5 Å². The van der Waals surface area contributed by atoms with Crippen LogP contribution in [-0.4, -0.2) is 34.6 Å². The van der Waals surface area contributed by atoms with E-state index in [1.807, 2.05) is 13.8 Å². The second kappa shape index (κ2) is 4.93. The molecule has 1 saturated heterocycles. The quantitative estimate of drug-likeness (QED) is 0.916. The van der Waals surface area contributed by atoms with Crippen molar-refractivity contribution in [2.45, 2.75) is 19.4 Å². The molecule has 21 heavy (non-hydrogen) atoms. The molecule has 2 aromatic rings. The molecule has 1 aliphatic rings. The number of likely N-dealkylation sites (tertiary alicyclic amines) is 1. The monoisotopic (exact) mass is 327 g/mol. The number of amides is 1. The third-order valence-electron chi connectivity index (χ3n) is 4.08. The molecule has 3 nitrogen and oxygen atoms in total. The Bertz CT molecular complexity index is 722. The van der Waals surface area contributed by atoms with Gasteiger partial charge in [0.05, 0.1) is 18.1 Å². The molecule has 1 aromatic heterocycles. The molecule has 0 bridgehead atoms. The Labute approximate surface area is 130 Å². The Hall–Kier alpha value is -1.17. The predicted molar refractivity (Wildman–Crippen MR) is 82.5 cm³/mol. The molecule has 1 N–H and O–H groups in total. The number of hydrogen-bond donors (Lipinski definition) is 1. The van der Waals surface area contributed by atoms with Crippen LogP contribution in [0.2, 0.25) is 5.02 Å². The van der Waals surface area contributed by atoms with Gasteiger partial charge in [0.15, 0.2) is 0 Å². The van der Waals surface area contributed by atoms with Crippen LogP contribution >= 0.6 is 22.9 Å². The second-order valence-electron chi connectivity index (χ2n) is 5.81. The molecule has 2 heterocycles. The maximum absolute atomic E-state index is 13.2. The number of aliphatic hydroxyl groups is 1. The summed E-state index contributed by atoms with van der Waals surface area (Å²) in [4.78, 5) is 14.4. The zero-order valence-corrected chi connectivity index (χ0v) is 13.3. The lowest BCUT2D eigenvalue weighted by Gasteiger charge is -2.48. The fraction of sp³-hybridized carbons (Fsp3) is 0.400. The minimum atomic E-state index is -0.815. The maximum atomic E-state index is 13.2. The van der Waals surface area contributed by atoms with Crippen LogP contribution in [0.15, 0.2) is 18.2 Å². The lowest BCUT2D eigenvalue weighted by Crippen LogP contribution is -2.65. The van der Waals surface area contributed by atoms with Crippen molar-refractivity contribution in [1.29, 1.82) is 0 Å². The Morgan fingerprint density at radius 1 is 1.48 bits per heavy atom. The highest BCUT2D eigenvalue weighted by molar-refractivity contribution is 7.21. The van der Waals surface area contributed by atoms with Crippen LogP contribution in [0.25, 0.3) is 10.1 Å². The number of nitrogens with zero attached hydrogens (tertiary/aromatic N) is 1. The lowest BCUT2D eigenvalue weighted by atomic mass is 9.83. The molecule has 0 aliphatic carbocycles. The van der Waals surface area contributed by atoms with Gasteiger partial charge in [-0.3, -0.25) is 4.79 Å². The standard InChI is InChI=1S/C15H15ClFNO2S/c1-8(2)15(20)6-18(7-15)14(19)13-12(16)10-4-3-9(17)5-11(10)21-13/h3-5,8,20H,6-7H2,1-2H3. The zero-order chi connectivity index (χ0) is 15.4. The summed E-state index contributed by atoms with van der Waals surface area (Å²) in [7, 11) is 0. The van der Waals surface area contributed by atoms with Gasteiger partial charge in [-0.1, -0.05) is 25.4 Å². The van der Waals surface area contributed by atoms with Crippen LogP contribution in [0, 0.1) is 11.7 Å². The first-order valence-electron chi connectivity index (χ1n) is 6.71. The molecule has 3 rings (SSSR count). The van der Waals surface area contributed by atoms with E-state index < -0.39 is 5.60 Å². The molecule has 0 radical (unpaired) electrons. The molecule has 112 valence electrons. The van der Waals surface area contributed by atoms with Crippen molar-refractivity contribution in [3.05, 3.63) is 33.9 Å². The van der Waals surface area contributed by atoms with Crippen molar-refractivity contribution >= 4 is 38.9 Å². The first-order valence-corrected chi connectivity index (χ1v) is 7.90. The van der Waals surface area contributed by atoms with Crippen LogP contribution in [0.1, 0.15) is 23.5 Å². The minimum absolute atomic E-state index is 0.0912. The van der Waals surface area contributed by atoms with E-state index in [-0.39, 0.29) is 17.6 Å². The zero-order valence-electron chi connectivity index (χ0n) is 11.7. The van der Waals surface area contributed by atoms with E-state index in [1.165, 1.54) is 23.5 Å². The fourth-order valence-corrected chi connectivity index (χ4v) is 3.95. The van der Waals surface area contributed by atoms with E-state index in [0.717, 1.165) is 0 Å². The van der Waals surface area contributed by atoms with Crippen molar-refractivity contribution in [3.63, 3.8) is 0 Å². The normalized spacial score (nSPS) is 17.3. The summed E-state index contributed by atoms with van der Waals surface area (Å²) in [6, 6.07) is 4.29. The van der Waals surface area contributed by atoms with Crippen LogP contribution in [0.4, 0.5) is 4.39 Å². The summed E-state index contributed by atoms with van der Waals surface area (Å²) in [6.07, 6.45) is 0. The molecule has 6 heteroatoms. The average Bonchev–Trinajstić information content (AvgIpc) is 2.70. The number of rotatable bonds is 2. The van der Waals surface area contributed by atoms with E-state index in [1.54, 1.807) is 11.0 Å². The molecule has 1 aliphatic heterocycles. The summed E-state index contributed by atoms with van der Waals surface area (Å²) in [5.41, 5.74) is -0.815. The Kier molecular flexibility index (Phi) is 3.47. The van der Waals surface area contributed by atoms with Crippen molar-refractivity contribution in [1.82, 2.24) is 4.90 Å². The Morgan fingerprint density at radius 3 is 2.76 bits per heavy atom. The summed E-state index contributed by atoms with van der Waals surface area (Å²) < 4.78 is 13.9. The molecular weight excluding hydrogens is 313 g/mol. The van der Waals surface area contributed by atoms with Crippen LogP contribution in [0.5, 0.6) is 0 Å². The van der Waals surface area contributed by atoms with Crippen molar-refractivity contribution in [3.8, 4) is 0 Å². The van der Waals surface area contributed by atoms with E-state index in [4.69, 9.17) is 11.6 Å².